The highest BCUT2D eigenvalue weighted by atomic mass is 16.5. The van der Waals surface area contributed by atoms with Crippen molar-refractivity contribution in [1.29, 1.82) is 0 Å². The summed E-state index contributed by atoms with van der Waals surface area (Å²) in [6, 6.07) is -0.390. The van der Waals surface area contributed by atoms with E-state index < -0.39 is 0 Å². The van der Waals surface area contributed by atoms with E-state index in [9.17, 15) is 9.59 Å². The van der Waals surface area contributed by atoms with Crippen molar-refractivity contribution in [1.82, 2.24) is 10.1 Å². The first-order valence-electron chi connectivity index (χ1n) is 7.52. The van der Waals surface area contributed by atoms with Crippen molar-refractivity contribution in [3.63, 3.8) is 0 Å². The molecule has 0 saturated carbocycles. The quantitative estimate of drug-likeness (QED) is 0.922. The van der Waals surface area contributed by atoms with E-state index in [1.54, 1.807) is 11.8 Å². The third kappa shape index (κ3) is 3.09. The Morgan fingerprint density at radius 1 is 1.48 bits per heavy atom. The first-order chi connectivity index (χ1) is 9.95. The third-order valence-electron chi connectivity index (χ3n) is 3.85. The molecule has 1 saturated heterocycles. The van der Waals surface area contributed by atoms with Crippen LogP contribution in [0.5, 0.6) is 0 Å². The second-order valence-corrected chi connectivity index (χ2v) is 5.75. The van der Waals surface area contributed by atoms with Crippen LogP contribution in [0.4, 0.5) is 5.69 Å². The molecular formula is C15H23N3O3. The maximum absolute atomic E-state index is 12.5. The predicted octanol–water partition coefficient (Wildman–Crippen LogP) is 2.13. The van der Waals surface area contributed by atoms with Crippen LogP contribution in [0.15, 0.2) is 4.52 Å². The van der Waals surface area contributed by atoms with Crippen LogP contribution >= 0.6 is 0 Å². The molecular weight excluding hydrogens is 270 g/mol. The van der Waals surface area contributed by atoms with Crippen LogP contribution < -0.4 is 5.32 Å². The highest BCUT2D eigenvalue weighted by Gasteiger charge is 2.35. The monoisotopic (exact) mass is 293 g/mol. The summed E-state index contributed by atoms with van der Waals surface area (Å²) in [7, 11) is 0. The Labute approximate surface area is 124 Å². The Bertz CT molecular complexity index is 536. The molecule has 1 aromatic rings. The minimum atomic E-state index is -0.390. The van der Waals surface area contributed by atoms with Crippen LogP contribution in [0, 0.1) is 12.8 Å². The maximum Gasteiger partial charge on any atom is 0.247 e. The number of aromatic nitrogens is 1. The highest BCUT2D eigenvalue weighted by molar-refractivity contribution is 5.98. The van der Waals surface area contributed by atoms with Gasteiger partial charge in [0.25, 0.3) is 0 Å². The molecule has 116 valence electrons. The van der Waals surface area contributed by atoms with Gasteiger partial charge in [-0.15, -0.1) is 0 Å². The molecule has 1 aliphatic rings. The van der Waals surface area contributed by atoms with E-state index in [-0.39, 0.29) is 23.8 Å². The number of carbonyl (C=O) groups is 2. The molecule has 1 fully saturated rings. The lowest BCUT2D eigenvalue weighted by molar-refractivity contribution is -0.139. The lowest BCUT2D eigenvalue weighted by atomic mass is 10.1. The van der Waals surface area contributed by atoms with Crippen LogP contribution in [0.3, 0.4) is 0 Å². The van der Waals surface area contributed by atoms with E-state index in [0.29, 0.717) is 30.8 Å². The molecule has 1 aliphatic heterocycles. The van der Waals surface area contributed by atoms with Gasteiger partial charge >= 0.3 is 0 Å². The lowest BCUT2D eigenvalue weighted by Crippen LogP contribution is -2.44. The van der Waals surface area contributed by atoms with Crippen molar-refractivity contribution >= 4 is 17.5 Å². The molecule has 6 nitrogen and oxygen atoms in total. The molecule has 1 aromatic heterocycles. The molecule has 2 rings (SSSR count). The van der Waals surface area contributed by atoms with Crippen molar-refractivity contribution in [3.05, 3.63) is 11.5 Å². The average Bonchev–Trinajstić information content (AvgIpc) is 3.05. The summed E-state index contributed by atoms with van der Waals surface area (Å²) >= 11 is 0. The third-order valence-corrected chi connectivity index (χ3v) is 3.85. The highest BCUT2D eigenvalue weighted by Crippen LogP contribution is 2.24. The van der Waals surface area contributed by atoms with Gasteiger partial charge in [0.05, 0.1) is 0 Å². The van der Waals surface area contributed by atoms with E-state index >= 15 is 0 Å². The molecule has 2 amide bonds. The maximum atomic E-state index is 12.5. The summed E-state index contributed by atoms with van der Waals surface area (Å²) in [6.07, 6.45) is 2.25. The van der Waals surface area contributed by atoms with Gasteiger partial charge in [-0.25, -0.2) is 0 Å². The second kappa shape index (κ2) is 6.28. The molecule has 0 spiro atoms. The summed E-state index contributed by atoms with van der Waals surface area (Å²) < 4.78 is 5.12. The first kappa shape index (κ1) is 15.5. The SMILES string of the molecule is CCc1noc(C)c1NC(=O)C1CCCN1C(=O)C(C)C. The molecule has 1 unspecified atom stereocenters. The zero-order chi connectivity index (χ0) is 15.6. The van der Waals surface area contributed by atoms with Crippen molar-refractivity contribution in [2.45, 2.75) is 53.0 Å². The van der Waals surface area contributed by atoms with Gasteiger partial charge in [-0.3, -0.25) is 9.59 Å². The van der Waals surface area contributed by atoms with E-state index in [1.807, 2.05) is 20.8 Å². The minimum Gasteiger partial charge on any atom is -0.359 e. The number of nitrogens with one attached hydrogen (secondary N) is 1. The zero-order valence-corrected chi connectivity index (χ0v) is 13.1. The minimum absolute atomic E-state index is 0.0328. The fraction of sp³-hybridized carbons (Fsp3) is 0.667. The van der Waals surface area contributed by atoms with Crippen LogP contribution in [0.2, 0.25) is 0 Å². The van der Waals surface area contributed by atoms with Gasteiger partial charge in [0.2, 0.25) is 11.8 Å². The molecule has 2 heterocycles. The van der Waals surface area contributed by atoms with Gasteiger partial charge < -0.3 is 14.7 Å². The Morgan fingerprint density at radius 2 is 2.19 bits per heavy atom. The van der Waals surface area contributed by atoms with E-state index in [2.05, 4.69) is 10.5 Å². The normalized spacial score (nSPS) is 18.3. The fourth-order valence-corrected chi connectivity index (χ4v) is 2.66. The average molecular weight is 293 g/mol. The van der Waals surface area contributed by atoms with Crippen molar-refractivity contribution in [2.24, 2.45) is 5.92 Å². The zero-order valence-electron chi connectivity index (χ0n) is 13.1. The Kier molecular flexibility index (Phi) is 4.65. The lowest BCUT2D eigenvalue weighted by Gasteiger charge is -2.25. The number of hydrogen-bond donors (Lipinski definition) is 1. The summed E-state index contributed by atoms with van der Waals surface area (Å²) in [5.74, 6) is 0.384. The summed E-state index contributed by atoms with van der Waals surface area (Å²) in [5, 5.41) is 6.81. The van der Waals surface area contributed by atoms with Gasteiger partial charge in [-0.2, -0.15) is 0 Å². The molecule has 0 aliphatic carbocycles. The van der Waals surface area contributed by atoms with Gasteiger partial charge in [-0.05, 0) is 26.2 Å². The van der Waals surface area contributed by atoms with E-state index in [4.69, 9.17) is 4.52 Å². The van der Waals surface area contributed by atoms with Crippen LogP contribution in [0.25, 0.3) is 0 Å². The van der Waals surface area contributed by atoms with Crippen LogP contribution in [0.1, 0.15) is 45.1 Å². The number of hydrogen-bond acceptors (Lipinski definition) is 4. The van der Waals surface area contributed by atoms with Gasteiger partial charge in [0, 0.05) is 12.5 Å². The Hall–Kier alpha value is -1.85. The Morgan fingerprint density at radius 3 is 2.81 bits per heavy atom. The number of rotatable bonds is 4. The largest absolute Gasteiger partial charge is 0.359 e. The van der Waals surface area contributed by atoms with Crippen molar-refractivity contribution < 1.29 is 14.1 Å². The molecule has 0 radical (unpaired) electrons. The number of amides is 2. The molecule has 1 N–H and O–H groups in total. The molecule has 6 heteroatoms. The van der Waals surface area contributed by atoms with Gasteiger partial charge in [-0.1, -0.05) is 25.9 Å². The van der Waals surface area contributed by atoms with Crippen molar-refractivity contribution in [2.75, 3.05) is 11.9 Å². The van der Waals surface area contributed by atoms with Gasteiger partial charge in [0.1, 0.15) is 17.4 Å². The summed E-state index contributed by atoms with van der Waals surface area (Å²) in [5.41, 5.74) is 1.38. The van der Waals surface area contributed by atoms with Crippen LogP contribution in [-0.4, -0.2) is 34.5 Å². The summed E-state index contributed by atoms with van der Waals surface area (Å²) in [4.78, 5) is 26.4. The fourth-order valence-electron chi connectivity index (χ4n) is 2.66. The number of carbonyl (C=O) groups excluding carboxylic acids is 2. The summed E-state index contributed by atoms with van der Waals surface area (Å²) in [6.45, 7) is 8.09. The molecule has 0 bridgehead atoms. The molecule has 1 atom stereocenters. The van der Waals surface area contributed by atoms with E-state index in [1.165, 1.54) is 0 Å². The number of aryl methyl sites for hydroxylation is 2. The van der Waals surface area contributed by atoms with Crippen LogP contribution in [-0.2, 0) is 16.0 Å². The predicted molar refractivity (Wildman–Crippen MR) is 78.8 cm³/mol. The number of nitrogens with zero attached hydrogens (tertiary/aromatic N) is 2. The van der Waals surface area contributed by atoms with E-state index in [0.717, 1.165) is 12.1 Å². The second-order valence-electron chi connectivity index (χ2n) is 5.75. The standard InChI is InChI=1S/C15H23N3O3/c1-5-11-13(10(4)21-17-11)16-14(19)12-7-6-8-18(12)15(20)9(2)3/h9,12H,5-8H2,1-4H3,(H,16,19). The molecule has 0 aromatic carbocycles. The topological polar surface area (TPSA) is 75.4 Å². The first-order valence-corrected chi connectivity index (χ1v) is 7.52. The van der Waals surface area contributed by atoms with Gasteiger partial charge in [0.15, 0.2) is 5.76 Å². The number of anilines is 1. The Balaban J connectivity index is 2.12. The smallest absolute Gasteiger partial charge is 0.247 e. The number of likely N-dealkylation sites (tertiary alicyclic amines) is 1. The molecule has 21 heavy (non-hydrogen) atoms. The van der Waals surface area contributed by atoms with Crippen molar-refractivity contribution in [3.8, 4) is 0 Å².